The molecule has 6 atom stereocenters. The number of thioether (sulfide) groups is 1. The maximum Gasteiger partial charge on any atom is 0.261 e. The summed E-state index contributed by atoms with van der Waals surface area (Å²) in [6, 6.07) is 23.2. The van der Waals surface area contributed by atoms with Crippen LogP contribution in [-0.2, 0) is 9.16 Å². The number of nitrogens with one attached hydrogen (secondary N) is 1. The Morgan fingerprint density at radius 2 is 1.67 bits per heavy atom. The molecular weight excluding hydrogens is 706 g/mol. The first-order valence-corrected chi connectivity index (χ1v) is 20.6. The molecule has 7 rings (SSSR count). The molecule has 2 aromatic heterocycles. The zero-order valence-corrected chi connectivity index (χ0v) is 31.4. The van der Waals surface area contributed by atoms with Crippen molar-refractivity contribution < 1.29 is 27.4 Å². The van der Waals surface area contributed by atoms with Crippen LogP contribution in [0, 0.1) is 11.6 Å². The summed E-state index contributed by atoms with van der Waals surface area (Å²) in [4.78, 5) is 9.57. The molecule has 3 heterocycles. The molecule has 3 aromatic carbocycles. The summed E-state index contributed by atoms with van der Waals surface area (Å²) in [5.74, 6) is -0.635. The topological polar surface area (TPSA) is 107 Å². The standard InChI is InChI=1S/C38H43F3N6O3SSi/c1-5-18-51-37-43-35(42-29-20-26(29)23-16-17-27(39)28(40)19-23)33-36(44-37)47(46-45-33)34-31(50-30(21-48)32(34)41)22-49-52(38(2,3)4,24-12-8-6-9-13-24)25-14-10-7-11-15-25/h6-17,19,26,29-32,34,48H,5,18,20-22H2,1-4H3,(H,42,43,44)/t26-,29-,30-,31-,32+,34-/m0/s1. The highest BCUT2D eigenvalue weighted by Gasteiger charge is 2.53. The molecule has 5 aromatic rings. The molecular formula is C38H43F3N6O3SSi. The van der Waals surface area contributed by atoms with Gasteiger partial charge in [-0.3, -0.25) is 0 Å². The molecule has 0 radical (unpaired) electrons. The van der Waals surface area contributed by atoms with Gasteiger partial charge in [0.2, 0.25) is 0 Å². The minimum Gasteiger partial charge on any atom is -0.405 e. The molecule has 14 heteroatoms. The van der Waals surface area contributed by atoms with Crippen LogP contribution in [0.5, 0.6) is 0 Å². The van der Waals surface area contributed by atoms with Gasteiger partial charge in [-0.2, -0.15) is 0 Å². The Bertz CT molecular complexity index is 1960. The van der Waals surface area contributed by atoms with Gasteiger partial charge in [0.1, 0.15) is 18.2 Å². The Morgan fingerprint density at radius 1 is 0.981 bits per heavy atom. The summed E-state index contributed by atoms with van der Waals surface area (Å²) in [7, 11) is -3.02. The van der Waals surface area contributed by atoms with E-state index in [0.717, 1.165) is 28.6 Å². The molecule has 2 N–H and O–H groups in total. The second-order valence-corrected chi connectivity index (χ2v) is 19.8. The smallest absolute Gasteiger partial charge is 0.261 e. The van der Waals surface area contributed by atoms with E-state index in [0.29, 0.717) is 34.1 Å². The fourth-order valence-electron chi connectivity index (χ4n) is 7.36. The normalized spacial score (nSPS) is 23.3. The van der Waals surface area contributed by atoms with Crippen LogP contribution in [0.3, 0.4) is 0 Å². The van der Waals surface area contributed by atoms with Gasteiger partial charge in [0.25, 0.3) is 8.32 Å². The third kappa shape index (κ3) is 6.86. The molecule has 0 unspecified atom stereocenters. The third-order valence-electron chi connectivity index (χ3n) is 9.98. The number of anilines is 1. The van der Waals surface area contributed by atoms with Gasteiger partial charge in [-0.1, -0.05) is 111 Å². The minimum atomic E-state index is -3.02. The van der Waals surface area contributed by atoms with Gasteiger partial charge in [0.05, 0.1) is 13.2 Å². The summed E-state index contributed by atoms with van der Waals surface area (Å²) < 4.78 is 59.0. The van der Waals surface area contributed by atoms with Crippen molar-refractivity contribution in [3.63, 3.8) is 0 Å². The van der Waals surface area contributed by atoms with Crippen molar-refractivity contribution in [1.82, 2.24) is 25.0 Å². The van der Waals surface area contributed by atoms with E-state index >= 15 is 4.39 Å². The average molecular weight is 749 g/mol. The second kappa shape index (κ2) is 14.9. The second-order valence-electron chi connectivity index (χ2n) is 14.5. The maximum absolute atomic E-state index is 16.5. The zero-order chi connectivity index (χ0) is 36.6. The van der Waals surface area contributed by atoms with Gasteiger partial charge >= 0.3 is 0 Å². The number of halogens is 3. The number of ether oxygens (including phenoxy) is 1. The van der Waals surface area contributed by atoms with Gasteiger partial charge in [-0.25, -0.2) is 27.8 Å². The van der Waals surface area contributed by atoms with Crippen molar-refractivity contribution in [3.8, 4) is 0 Å². The van der Waals surface area contributed by atoms with Gasteiger partial charge in [-0.05, 0) is 45.9 Å². The van der Waals surface area contributed by atoms with Crippen LogP contribution in [0.4, 0.5) is 19.0 Å². The minimum absolute atomic E-state index is 0.0296. The van der Waals surface area contributed by atoms with Crippen molar-refractivity contribution >= 4 is 47.4 Å². The average Bonchev–Trinajstić information content (AvgIpc) is 3.66. The van der Waals surface area contributed by atoms with Crippen molar-refractivity contribution in [2.45, 2.75) is 87.1 Å². The van der Waals surface area contributed by atoms with E-state index in [1.807, 2.05) is 36.4 Å². The Labute approximate surface area is 306 Å². The Hall–Kier alpha value is -3.82. The molecule has 1 saturated carbocycles. The maximum atomic E-state index is 16.5. The van der Waals surface area contributed by atoms with Crippen molar-refractivity contribution in [2.75, 3.05) is 24.3 Å². The molecule has 0 spiro atoms. The van der Waals surface area contributed by atoms with E-state index in [1.165, 1.54) is 22.5 Å². The largest absolute Gasteiger partial charge is 0.405 e. The monoisotopic (exact) mass is 748 g/mol. The number of benzene rings is 3. The number of aliphatic hydroxyl groups excluding tert-OH is 1. The summed E-state index contributed by atoms with van der Waals surface area (Å²) in [6.45, 7) is 8.08. The van der Waals surface area contributed by atoms with Crippen LogP contribution in [0.15, 0.2) is 84.0 Å². The van der Waals surface area contributed by atoms with E-state index in [1.54, 1.807) is 6.07 Å². The molecule has 0 amide bonds. The number of hydrogen-bond acceptors (Lipinski definition) is 9. The van der Waals surface area contributed by atoms with E-state index in [-0.39, 0.29) is 23.6 Å². The first-order chi connectivity index (χ1) is 25.1. The predicted octanol–water partition coefficient (Wildman–Crippen LogP) is 6.19. The summed E-state index contributed by atoms with van der Waals surface area (Å²) in [5, 5.41) is 24.8. The first kappa shape index (κ1) is 36.5. The molecule has 2 fully saturated rings. The number of alkyl halides is 1. The van der Waals surface area contributed by atoms with E-state index < -0.39 is 51.0 Å². The lowest BCUT2D eigenvalue weighted by atomic mass is 10.1. The summed E-state index contributed by atoms with van der Waals surface area (Å²) in [5.41, 5.74) is 1.36. The van der Waals surface area contributed by atoms with Crippen LogP contribution in [0.2, 0.25) is 5.04 Å². The van der Waals surface area contributed by atoms with E-state index in [2.05, 4.69) is 67.6 Å². The van der Waals surface area contributed by atoms with Gasteiger partial charge in [0.15, 0.2) is 39.9 Å². The lowest BCUT2D eigenvalue weighted by Gasteiger charge is -2.43. The molecule has 9 nitrogen and oxygen atoms in total. The molecule has 274 valence electrons. The predicted molar refractivity (Wildman–Crippen MR) is 199 cm³/mol. The van der Waals surface area contributed by atoms with Gasteiger partial charge in [-0.15, -0.1) is 5.10 Å². The highest BCUT2D eigenvalue weighted by atomic mass is 32.2. The highest BCUT2D eigenvalue weighted by molar-refractivity contribution is 7.99. The zero-order valence-electron chi connectivity index (χ0n) is 29.5. The Balaban J connectivity index is 1.24. The van der Waals surface area contributed by atoms with Crippen LogP contribution in [-0.4, -0.2) is 81.8 Å². The Kier molecular flexibility index (Phi) is 10.5. The lowest BCUT2D eigenvalue weighted by molar-refractivity contribution is -0.0246. The van der Waals surface area contributed by atoms with Crippen molar-refractivity contribution in [2.24, 2.45) is 0 Å². The first-order valence-electron chi connectivity index (χ1n) is 17.7. The quantitative estimate of drug-likeness (QED) is 0.0829. The van der Waals surface area contributed by atoms with E-state index in [9.17, 15) is 13.9 Å². The number of nitrogens with zero attached hydrogens (tertiary/aromatic N) is 5. The number of aromatic nitrogens is 5. The fourth-order valence-corrected chi connectivity index (χ4v) is 12.6. The lowest BCUT2D eigenvalue weighted by Crippen LogP contribution is -2.67. The molecule has 52 heavy (non-hydrogen) atoms. The van der Waals surface area contributed by atoms with Crippen LogP contribution >= 0.6 is 11.8 Å². The number of fused-ring (bicyclic) bond motifs is 1. The number of rotatable bonds is 13. The third-order valence-corrected chi connectivity index (χ3v) is 16.0. The molecule has 1 aliphatic carbocycles. The van der Waals surface area contributed by atoms with Gasteiger partial charge in [0, 0.05) is 17.7 Å². The van der Waals surface area contributed by atoms with Crippen LogP contribution in [0.25, 0.3) is 11.2 Å². The fraction of sp³-hybridized carbons (Fsp3) is 0.421. The summed E-state index contributed by atoms with van der Waals surface area (Å²) >= 11 is 1.46. The van der Waals surface area contributed by atoms with Crippen molar-refractivity contribution in [1.29, 1.82) is 0 Å². The van der Waals surface area contributed by atoms with Crippen LogP contribution in [0.1, 0.15) is 58.1 Å². The van der Waals surface area contributed by atoms with Crippen molar-refractivity contribution in [3.05, 3.63) is 96.1 Å². The molecule has 1 saturated heterocycles. The highest BCUT2D eigenvalue weighted by Crippen LogP contribution is 2.44. The van der Waals surface area contributed by atoms with Crippen LogP contribution < -0.4 is 15.7 Å². The number of hydrogen-bond donors (Lipinski definition) is 2. The molecule has 2 aliphatic rings. The molecule has 1 aliphatic heterocycles. The van der Waals surface area contributed by atoms with Gasteiger partial charge < -0.3 is 19.6 Å². The summed E-state index contributed by atoms with van der Waals surface area (Å²) in [6.07, 6.45) is -2.00. The number of aliphatic hydroxyl groups is 1. The molecule has 0 bridgehead atoms. The Morgan fingerprint density at radius 3 is 2.29 bits per heavy atom. The SMILES string of the molecule is CCCSc1nc(N[C@H]2C[C@H]2c2ccc(F)c(F)c2)c2nnn([C@@H]3[C@H](F)[C@H](CO)O[C@H]3CO[Si](c3ccccc3)(c3ccccc3)C(C)(C)C)c2n1. The van der Waals surface area contributed by atoms with E-state index in [4.69, 9.17) is 19.1 Å².